The third-order valence-electron chi connectivity index (χ3n) is 11.4. The van der Waals surface area contributed by atoms with Gasteiger partial charge >= 0.3 is 0 Å². The number of hydrogen-bond donors (Lipinski definition) is 4. The molecule has 0 aliphatic heterocycles. The van der Waals surface area contributed by atoms with Crippen molar-refractivity contribution in [3.05, 3.63) is 117 Å². The van der Waals surface area contributed by atoms with Gasteiger partial charge in [0.05, 0.1) is 0 Å². The summed E-state index contributed by atoms with van der Waals surface area (Å²) in [6.45, 7) is 7.89. The highest BCUT2D eigenvalue weighted by Crippen LogP contribution is 2.54. The van der Waals surface area contributed by atoms with E-state index < -0.39 is 0 Å². The summed E-state index contributed by atoms with van der Waals surface area (Å²) in [4.78, 5) is 0. The Balaban J connectivity index is 1.27. The van der Waals surface area contributed by atoms with E-state index in [0.29, 0.717) is 34.8 Å². The molecule has 0 heterocycles. The van der Waals surface area contributed by atoms with E-state index in [1.165, 1.54) is 22.3 Å². The third-order valence-corrected chi connectivity index (χ3v) is 11.4. The first-order valence-electron chi connectivity index (χ1n) is 16.2. The van der Waals surface area contributed by atoms with Crippen LogP contribution in [0.5, 0.6) is 23.0 Å². The minimum Gasteiger partial charge on any atom is -0.508 e. The Labute approximate surface area is 262 Å². The highest BCUT2D eigenvalue weighted by Gasteiger charge is 2.44. The van der Waals surface area contributed by atoms with Crippen LogP contribution in [0.25, 0.3) is 0 Å². The molecule has 0 bridgehead atoms. The fraction of sp³-hybridized carbons (Fsp3) is 0.400. The molecule has 4 aromatic carbocycles. The smallest absolute Gasteiger partial charge is 0.118 e. The molecule has 4 heteroatoms. The Morgan fingerprint density at radius 3 is 0.841 bits per heavy atom. The van der Waals surface area contributed by atoms with Gasteiger partial charge in [0.2, 0.25) is 0 Å². The predicted octanol–water partition coefficient (Wildman–Crippen LogP) is 9.40. The zero-order valence-corrected chi connectivity index (χ0v) is 26.5. The molecule has 0 aromatic heterocycles. The molecular weight excluding hydrogens is 544 g/mol. The quantitative estimate of drug-likeness (QED) is 0.187. The molecule has 44 heavy (non-hydrogen) atoms. The van der Waals surface area contributed by atoms with Crippen molar-refractivity contribution in [1.82, 2.24) is 0 Å². The van der Waals surface area contributed by atoms with E-state index in [9.17, 15) is 20.4 Å². The number of aromatic hydroxyl groups is 4. The van der Waals surface area contributed by atoms with Crippen molar-refractivity contribution in [2.75, 3.05) is 0 Å². The van der Waals surface area contributed by atoms with Crippen LogP contribution in [0, 0.1) is 39.5 Å². The average molecular weight is 591 g/mol. The zero-order valence-electron chi connectivity index (χ0n) is 26.5. The zero-order chi connectivity index (χ0) is 31.2. The molecular formula is C40H46O4. The Bertz CT molecular complexity index is 1440. The van der Waals surface area contributed by atoms with Crippen molar-refractivity contribution >= 4 is 0 Å². The molecule has 0 amide bonds. The Hall–Kier alpha value is -3.92. The number of benzene rings is 4. The minimum absolute atomic E-state index is 0.140. The van der Waals surface area contributed by atoms with Gasteiger partial charge in [-0.1, -0.05) is 48.5 Å². The van der Waals surface area contributed by atoms with Crippen LogP contribution in [-0.4, -0.2) is 20.4 Å². The van der Waals surface area contributed by atoms with E-state index in [1.54, 1.807) is 0 Å². The maximum atomic E-state index is 10.3. The summed E-state index contributed by atoms with van der Waals surface area (Å²) in [5.74, 6) is 2.63. The molecule has 2 saturated carbocycles. The second kappa shape index (κ2) is 11.5. The summed E-state index contributed by atoms with van der Waals surface area (Å²) in [6.07, 6.45) is 8.76. The van der Waals surface area contributed by atoms with E-state index in [1.807, 2.05) is 52.0 Å². The standard InChI is InChI=1S/C40H46O4/c1-25-21-31(5-9-35(25)41)39(32-6-10-36(42)26(2)22-32)17-13-29(14-18-39)30-15-19-40(20-16-30,33-7-11-37(43)27(3)23-33)34-8-12-38(44)28(4)24-34/h5-12,21-24,29-30,41-44H,13-20H2,1-4H3. The van der Waals surface area contributed by atoms with E-state index in [-0.39, 0.29) is 10.8 Å². The van der Waals surface area contributed by atoms with Gasteiger partial charge in [0, 0.05) is 10.8 Å². The molecule has 2 aliphatic carbocycles. The van der Waals surface area contributed by atoms with Crippen LogP contribution in [0.2, 0.25) is 0 Å². The summed E-state index contributed by atoms with van der Waals surface area (Å²) in [6, 6.07) is 24.4. The van der Waals surface area contributed by atoms with Crippen LogP contribution in [0.1, 0.15) is 95.9 Å². The molecule has 0 saturated heterocycles. The van der Waals surface area contributed by atoms with Crippen LogP contribution in [0.15, 0.2) is 72.8 Å². The number of aryl methyl sites for hydroxylation is 4. The number of phenolic OH excluding ortho intramolecular Hbond substituents is 4. The third kappa shape index (κ3) is 5.23. The lowest BCUT2D eigenvalue weighted by Gasteiger charge is -2.47. The first kappa shape index (κ1) is 30.1. The lowest BCUT2D eigenvalue weighted by molar-refractivity contribution is 0.140. The normalized spacial score (nSPS) is 18.7. The molecule has 4 nitrogen and oxygen atoms in total. The van der Waals surface area contributed by atoms with Gasteiger partial charge in [0.1, 0.15) is 23.0 Å². The van der Waals surface area contributed by atoms with E-state index in [4.69, 9.17) is 0 Å². The molecule has 0 radical (unpaired) electrons. The molecule has 230 valence electrons. The van der Waals surface area contributed by atoms with Crippen LogP contribution in [0.3, 0.4) is 0 Å². The van der Waals surface area contributed by atoms with Gasteiger partial charge in [-0.2, -0.15) is 0 Å². The van der Waals surface area contributed by atoms with E-state index in [0.717, 1.165) is 73.6 Å². The van der Waals surface area contributed by atoms with Crippen molar-refractivity contribution in [3.63, 3.8) is 0 Å². The molecule has 6 rings (SSSR count). The molecule has 0 spiro atoms. The Morgan fingerprint density at radius 1 is 0.409 bits per heavy atom. The summed E-state index contributed by atoms with van der Waals surface area (Å²) < 4.78 is 0. The van der Waals surface area contributed by atoms with E-state index in [2.05, 4.69) is 48.5 Å². The van der Waals surface area contributed by atoms with Crippen LogP contribution < -0.4 is 0 Å². The molecule has 4 aromatic rings. The van der Waals surface area contributed by atoms with Crippen LogP contribution in [-0.2, 0) is 10.8 Å². The Morgan fingerprint density at radius 2 is 0.636 bits per heavy atom. The lowest BCUT2D eigenvalue weighted by atomic mass is 9.57. The average Bonchev–Trinajstić information content (AvgIpc) is 3.02. The first-order valence-corrected chi connectivity index (χ1v) is 16.2. The van der Waals surface area contributed by atoms with Gasteiger partial charge in [-0.05, 0) is 160 Å². The summed E-state index contributed by atoms with van der Waals surface area (Å²) in [5.41, 5.74) is 8.34. The van der Waals surface area contributed by atoms with Crippen molar-refractivity contribution in [1.29, 1.82) is 0 Å². The monoisotopic (exact) mass is 590 g/mol. The molecule has 2 fully saturated rings. The number of rotatable bonds is 5. The minimum atomic E-state index is -0.140. The topological polar surface area (TPSA) is 80.9 Å². The molecule has 0 unspecified atom stereocenters. The van der Waals surface area contributed by atoms with Crippen molar-refractivity contribution in [3.8, 4) is 23.0 Å². The molecule has 2 aliphatic rings. The highest BCUT2D eigenvalue weighted by atomic mass is 16.3. The Kier molecular flexibility index (Phi) is 7.90. The van der Waals surface area contributed by atoms with Gasteiger partial charge in [-0.3, -0.25) is 0 Å². The number of phenols is 4. The predicted molar refractivity (Wildman–Crippen MR) is 177 cm³/mol. The molecule has 0 atom stereocenters. The van der Waals surface area contributed by atoms with Gasteiger partial charge in [-0.15, -0.1) is 0 Å². The van der Waals surface area contributed by atoms with E-state index >= 15 is 0 Å². The second-order valence-electron chi connectivity index (χ2n) is 13.8. The van der Waals surface area contributed by atoms with Crippen LogP contribution >= 0.6 is 0 Å². The SMILES string of the molecule is Cc1cc(C2(c3ccc(O)c(C)c3)CCC(C3CCC(c4ccc(O)c(C)c4)(c4ccc(O)c(C)c4)CC3)CC2)ccc1O. The summed E-state index contributed by atoms with van der Waals surface area (Å²) in [5, 5.41) is 41.2. The summed E-state index contributed by atoms with van der Waals surface area (Å²) >= 11 is 0. The largest absolute Gasteiger partial charge is 0.508 e. The van der Waals surface area contributed by atoms with Gasteiger partial charge in [0.15, 0.2) is 0 Å². The van der Waals surface area contributed by atoms with Gasteiger partial charge in [-0.25, -0.2) is 0 Å². The fourth-order valence-corrected chi connectivity index (χ4v) is 8.51. The molecule has 4 N–H and O–H groups in total. The first-order chi connectivity index (χ1) is 21.0. The maximum absolute atomic E-state index is 10.3. The van der Waals surface area contributed by atoms with Gasteiger partial charge in [0.25, 0.3) is 0 Å². The fourth-order valence-electron chi connectivity index (χ4n) is 8.51. The van der Waals surface area contributed by atoms with Crippen LogP contribution in [0.4, 0.5) is 0 Å². The maximum Gasteiger partial charge on any atom is 0.118 e. The van der Waals surface area contributed by atoms with Crippen molar-refractivity contribution < 1.29 is 20.4 Å². The van der Waals surface area contributed by atoms with Crippen molar-refractivity contribution in [2.45, 2.75) is 89.9 Å². The van der Waals surface area contributed by atoms with Crippen molar-refractivity contribution in [2.24, 2.45) is 11.8 Å². The second-order valence-corrected chi connectivity index (χ2v) is 13.8. The highest BCUT2D eigenvalue weighted by molar-refractivity contribution is 5.49. The lowest BCUT2D eigenvalue weighted by Crippen LogP contribution is -2.38. The number of hydrogen-bond acceptors (Lipinski definition) is 4. The van der Waals surface area contributed by atoms with Gasteiger partial charge < -0.3 is 20.4 Å². The summed E-state index contributed by atoms with van der Waals surface area (Å²) in [7, 11) is 0.